The highest BCUT2D eigenvalue weighted by Gasteiger charge is 2.14. The summed E-state index contributed by atoms with van der Waals surface area (Å²) >= 11 is 2.86. The van der Waals surface area contributed by atoms with Gasteiger partial charge in [-0.15, -0.1) is 0 Å². The number of carbonyl (C=O) groups excluding carboxylic acids is 1. The number of nitrogens with one attached hydrogen (secondary N) is 2. The van der Waals surface area contributed by atoms with Crippen LogP contribution in [-0.2, 0) is 4.79 Å². The van der Waals surface area contributed by atoms with Crippen LogP contribution in [0.1, 0.15) is 6.92 Å². The molecule has 0 aliphatic heterocycles. The van der Waals surface area contributed by atoms with E-state index in [1.165, 1.54) is 6.92 Å². The van der Waals surface area contributed by atoms with Crippen LogP contribution in [0.4, 0.5) is 19.3 Å². The fourth-order valence-electron chi connectivity index (χ4n) is 1.12. The number of aliphatic carboxylic acids is 1. The summed E-state index contributed by atoms with van der Waals surface area (Å²) < 4.78 is 26.3. The van der Waals surface area contributed by atoms with Gasteiger partial charge in [0.25, 0.3) is 0 Å². The molecule has 1 aromatic carbocycles. The summed E-state index contributed by atoms with van der Waals surface area (Å²) in [6.07, 6.45) is 0. The molecule has 19 heavy (non-hydrogen) atoms. The van der Waals surface area contributed by atoms with Crippen molar-refractivity contribution in [3.05, 3.63) is 28.2 Å². The second kappa shape index (κ2) is 6.46. The van der Waals surface area contributed by atoms with E-state index < -0.39 is 29.6 Å². The van der Waals surface area contributed by atoms with E-state index in [4.69, 9.17) is 5.11 Å². The van der Waals surface area contributed by atoms with E-state index in [2.05, 4.69) is 26.6 Å². The summed E-state index contributed by atoms with van der Waals surface area (Å²) in [6.45, 7) is 1.31. The molecule has 0 spiro atoms. The molecule has 3 N–H and O–H groups in total. The van der Waals surface area contributed by atoms with Crippen molar-refractivity contribution in [2.45, 2.75) is 6.92 Å². The first-order valence-electron chi connectivity index (χ1n) is 5.23. The SMILES string of the molecule is CC(CNC(=O)Nc1cc(Br)c(F)cc1F)C(=O)O. The maximum atomic E-state index is 13.3. The van der Waals surface area contributed by atoms with Gasteiger partial charge in [0.1, 0.15) is 11.6 Å². The number of carboxylic acid groups (broad SMARTS) is 1. The molecule has 1 rings (SSSR count). The number of halogens is 3. The van der Waals surface area contributed by atoms with Gasteiger partial charge in [0.15, 0.2) is 0 Å². The monoisotopic (exact) mass is 336 g/mol. The predicted molar refractivity (Wildman–Crippen MR) is 67.9 cm³/mol. The molecule has 1 atom stereocenters. The molecule has 0 heterocycles. The zero-order valence-electron chi connectivity index (χ0n) is 9.84. The van der Waals surface area contributed by atoms with Crippen molar-refractivity contribution in [2.24, 2.45) is 5.92 Å². The summed E-state index contributed by atoms with van der Waals surface area (Å²) in [5.74, 6) is -3.54. The van der Waals surface area contributed by atoms with Crippen molar-refractivity contribution in [1.29, 1.82) is 0 Å². The van der Waals surface area contributed by atoms with Crippen LogP contribution in [0.3, 0.4) is 0 Å². The topological polar surface area (TPSA) is 78.4 Å². The van der Waals surface area contributed by atoms with E-state index in [0.717, 1.165) is 6.07 Å². The first-order chi connectivity index (χ1) is 8.81. The van der Waals surface area contributed by atoms with Crippen molar-refractivity contribution < 1.29 is 23.5 Å². The number of hydrogen-bond donors (Lipinski definition) is 3. The molecule has 0 bridgehead atoms. The number of carboxylic acids is 1. The highest BCUT2D eigenvalue weighted by Crippen LogP contribution is 2.23. The second-order valence-corrected chi connectivity index (χ2v) is 4.67. The van der Waals surface area contributed by atoms with Crippen molar-refractivity contribution in [3.63, 3.8) is 0 Å². The van der Waals surface area contributed by atoms with E-state index in [-0.39, 0.29) is 16.7 Å². The van der Waals surface area contributed by atoms with Crippen LogP contribution < -0.4 is 10.6 Å². The molecule has 0 saturated carbocycles. The molecular formula is C11H11BrF2N2O3. The number of amides is 2. The molecule has 0 aliphatic carbocycles. The molecule has 0 aliphatic rings. The molecule has 8 heteroatoms. The lowest BCUT2D eigenvalue weighted by Crippen LogP contribution is -2.34. The van der Waals surface area contributed by atoms with Crippen LogP contribution in [0.2, 0.25) is 0 Å². The van der Waals surface area contributed by atoms with E-state index in [0.29, 0.717) is 6.07 Å². The molecular weight excluding hydrogens is 326 g/mol. The maximum Gasteiger partial charge on any atom is 0.319 e. The number of carbonyl (C=O) groups is 2. The zero-order valence-corrected chi connectivity index (χ0v) is 11.4. The van der Waals surface area contributed by atoms with Gasteiger partial charge in [-0.05, 0) is 22.0 Å². The average Bonchev–Trinajstić information content (AvgIpc) is 2.32. The molecule has 0 saturated heterocycles. The molecule has 2 amide bonds. The number of benzene rings is 1. The summed E-state index contributed by atoms with van der Waals surface area (Å²) in [4.78, 5) is 21.9. The van der Waals surface area contributed by atoms with Crippen LogP contribution in [-0.4, -0.2) is 23.7 Å². The van der Waals surface area contributed by atoms with Crippen molar-refractivity contribution in [1.82, 2.24) is 5.32 Å². The summed E-state index contributed by atoms with van der Waals surface area (Å²) in [5.41, 5.74) is -0.214. The third-order valence-corrected chi connectivity index (χ3v) is 2.86. The van der Waals surface area contributed by atoms with E-state index in [1.54, 1.807) is 0 Å². The number of hydrogen-bond acceptors (Lipinski definition) is 2. The van der Waals surface area contributed by atoms with Crippen LogP contribution in [0, 0.1) is 17.6 Å². The third-order valence-electron chi connectivity index (χ3n) is 2.25. The maximum absolute atomic E-state index is 13.3. The average molecular weight is 337 g/mol. The van der Waals surface area contributed by atoms with Gasteiger partial charge in [-0.3, -0.25) is 4.79 Å². The van der Waals surface area contributed by atoms with Crippen LogP contribution in [0.15, 0.2) is 16.6 Å². The minimum absolute atomic E-state index is 0.00287. The van der Waals surface area contributed by atoms with Gasteiger partial charge in [0.2, 0.25) is 0 Å². The second-order valence-electron chi connectivity index (χ2n) is 3.82. The summed E-state index contributed by atoms with van der Waals surface area (Å²) in [7, 11) is 0. The Hall–Kier alpha value is -1.70. The lowest BCUT2D eigenvalue weighted by atomic mass is 10.2. The largest absolute Gasteiger partial charge is 0.481 e. The number of rotatable bonds is 4. The Labute approximate surface area is 116 Å². The molecule has 1 aromatic rings. The van der Waals surface area contributed by atoms with Crippen LogP contribution >= 0.6 is 15.9 Å². The highest BCUT2D eigenvalue weighted by molar-refractivity contribution is 9.10. The smallest absolute Gasteiger partial charge is 0.319 e. The Kier molecular flexibility index (Phi) is 5.22. The van der Waals surface area contributed by atoms with Gasteiger partial charge in [-0.25, -0.2) is 13.6 Å². The van der Waals surface area contributed by atoms with Crippen molar-refractivity contribution >= 4 is 33.6 Å². The molecule has 0 radical (unpaired) electrons. The van der Waals surface area contributed by atoms with Gasteiger partial charge < -0.3 is 15.7 Å². The van der Waals surface area contributed by atoms with Gasteiger partial charge in [-0.1, -0.05) is 6.92 Å². The van der Waals surface area contributed by atoms with E-state index in [9.17, 15) is 18.4 Å². The molecule has 104 valence electrons. The number of urea groups is 1. The summed E-state index contributed by atoms with van der Waals surface area (Å²) in [6, 6.07) is 0.926. The predicted octanol–water partition coefficient (Wildman–Crippen LogP) is 2.57. The Morgan fingerprint density at radius 3 is 2.58 bits per heavy atom. The zero-order chi connectivity index (χ0) is 14.6. The summed E-state index contributed by atoms with van der Waals surface area (Å²) in [5, 5.41) is 13.0. The van der Waals surface area contributed by atoms with E-state index >= 15 is 0 Å². The van der Waals surface area contributed by atoms with Crippen molar-refractivity contribution in [2.75, 3.05) is 11.9 Å². The standard InChI is InChI=1S/C11H11BrF2N2O3/c1-5(10(17)18)4-15-11(19)16-9-2-6(12)7(13)3-8(9)14/h2-3,5H,4H2,1H3,(H,17,18)(H2,15,16,19). The van der Waals surface area contributed by atoms with Gasteiger partial charge in [0.05, 0.1) is 16.1 Å². The quantitative estimate of drug-likeness (QED) is 0.739. The Balaban J connectivity index is 2.62. The Morgan fingerprint density at radius 2 is 2.00 bits per heavy atom. The van der Waals surface area contributed by atoms with Crippen molar-refractivity contribution in [3.8, 4) is 0 Å². The molecule has 0 aromatic heterocycles. The van der Waals surface area contributed by atoms with E-state index in [1.807, 2.05) is 0 Å². The minimum atomic E-state index is -1.06. The minimum Gasteiger partial charge on any atom is -0.481 e. The first-order valence-corrected chi connectivity index (χ1v) is 6.02. The normalized spacial score (nSPS) is 11.8. The fourth-order valence-corrected chi connectivity index (χ4v) is 1.46. The van der Waals surface area contributed by atoms with Gasteiger partial charge >= 0.3 is 12.0 Å². The fraction of sp³-hybridized carbons (Fsp3) is 0.273. The number of anilines is 1. The van der Waals surface area contributed by atoms with Crippen LogP contribution in [0.25, 0.3) is 0 Å². The van der Waals surface area contributed by atoms with Crippen LogP contribution in [0.5, 0.6) is 0 Å². The molecule has 0 fully saturated rings. The molecule has 1 unspecified atom stereocenters. The Bertz CT molecular complexity index is 511. The van der Waals surface area contributed by atoms with Gasteiger partial charge in [-0.2, -0.15) is 0 Å². The Morgan fingerprint density at radius 1 is 1.37 bits per heavy atom. The highest BCUT2D eigenvalue weighted by atomic mass is 79.9. The first kappa shape index (κ1) is 15.4. The lowest BCUT2D eigenvalue weighted by Gasteiger charge is -2.11. The molecule has 5 nitrogen and oxygen atoms in total. The lowest BCUT2D eigenvalue weighted by molar-refractivity contribution is -0.140. The van der Waals surface area contributed by atoms with Gasteiger partial charge in [0, 0.05) is 12.6 Å². The third kappa shape index (κ3) is 4.47.